The van der Waals surface area contributed by atoms with Crippen LogP contribution >= 0.6 is 15.9 Å². The fourth-order valence-corrected chi connectivity index (χ4v) is 3.48. The molecule has 0 amide bonds. The third kappa shape index (κ3) is 4.03. The average Bonchev–Trinajstić information content (AvgIpc) is 2.42. The lowest BCUT2D eigenvalue weighted by Gasteiger charge is -2.31. The van der Waals surface area contributed by atoms with E-state index < -0.39 is 0 Å². The predicted molar refractivity (Wildman–Crippen MR) is 81.7 cm³/mol. The van der Waals surface area contributed by atoms with Crippen LogP contribution in [-0.2, 0) is 0 Å². The average molecular weight is 328 g/mol. The summed E-state index contributed by atoms with van der Waals surface area (Å²) in [4.78, 5) is 0. The molecule has 1 N–H and O–H groups in total. The molecule has 1 nitrogen and oxygen atoms in total. The highest BCUT2D eigenvalue weighted by Crippen LogP contribution is 2.28. The van der Waals surface area contributed by atoms with Crippen molar-refractivity contribution in [1.82, 2.24) is 5.32 Å². The number of halogens is 2. The molecule has 0 radical (unpaired) electrons. The molecule has 0 bridgehead atoms. The molecule has 0 aromatic heterocycles. The van der Waals surface area contributed by atoms with Crippen molar-refractivity contribution in [3.8, 4) is 0 Å². The first-order chi connectivity index (χ1) is 9.08. The van der Waals surface area contributed by atoms with Gasteiger partial charge in [0.15, 0.2) is 0 Å². The first kappa shape index (κ1) is 15.0. The topological polar surface area (TPSA) is 12.0 Å². The van der Waals surface area contributed by atoms with E-state index in [1.54, 1.807) is 6.07 Å². The monoisotopic (exact) mass is 327 g/mol. The molecule has 2 rings (SSSR count). The van der Waals surface area contributed by atoms with Gasteiger partial charge in [-0.2, -0.15) is 0 Å². The molecule has 19 heavy (non-hydrogen) atoms. The summed E-state index contributed by atoms with van der Waals surface area (Å²) in [5.74, 6) is 0.616. The van der Waals surface area contributed by atoms with Gasteiger partial charge >= 0.3 is 0 Å². The van der Waals surface area contributed by atoms with Crippen LogP contribution in [0.4, 0.5) is 4.39 Å². The number of hydrogen-bond acceptors (Lipinski definition) is 1. The van der Waals surface area contributed by atoms with E-state index >= 15 is 0 Å². The Morgan fingerprint density at radius 1 is 1.21 bits per heavy atom. The summed E-state index contributed by atoms with van der Waals surface area (Å²) in [5, 5.41) is 3.57. The van der Waals surface area contributed by atoms with E-state index in [4.69, 9.17) is 0 Å². The minimum atomic E-state index is -0.126. The van der Waals surface area contributed by atoms with Crippen molar-refractivity contribution in [2.45, 2.75) is 58.0 Å². The molecule has 1 aromatic rings. The van der Waals surface area contributed by atoms with Gasteiger partial charge in [0.2, 0.25) is 0 Å². The van der Waals surface area contributed by atoms with E-state index in [1.165, 1.54) is 38.2 Å². The Labute approximate surface area is 124 Å². The molecule has 0 heterocycles. The van der Waals surface area contributed by atoms with Gasteiger partial charge in [0.05, 0.1) is 0 Å². The third-order valence-electron chi connectivity index (χ3n) is 4.29. The van der Waals surface area contributed by atoms with Crippen molar-refractivity contribution >= 4 is 15.9 Å². The lowest BCUT2D eigenvalue weighted by molar-refractivity contribution is 0.267. The van der Waals surface area contributed by atoms with E-state index in [9.17, 15) is 4.39 Å². The van der Waals surface area contributed by atoms with Crippen molar-refractivity contribution in [1.29, 1.82) is 0 Å². The zero-order valence-corrected chi connectivity index (χ0v) is 13.3. The van der Waals surface area contributed by atoms with E-state index in [2.05, 4.69) is 28.2 Å². The molecule has 0 spiro atoms. The van der Waals surface area contributed by atoms with Gasteiger partial charge in [0.25, 0.3) is 0 Å². The molecule has 3 heteroatoms. The molecule has 0 saturated heterocycles. The zero-order valence-electron chi connectivity index (χ0n) is 11.8. The normalized spacial score (nSPS) is 20.2. The van der Waals surface area contributed by atoms with E-state index in [1.807, 2.05) is 13.0 Å². The van der Waals surface area contributed by atoms with Crippen molar-refractivity contribution in [3.63, 3.8) is 0 Å². The quantitative estimate of drug-likeness (QED) is 0.800. The lowest BCUT2D eigenvalue weighted by Crippen LogP contribution is -2.36. The largest absolute Gasteiger partial charge is 0.307 e. The van der Waals surface area contributed by atoms with Crippen molar-refractivity contribution in [2.75, 3.05) is 0 Å². The summed E-state index contributed by atoms with van der Waals surface area (Å²) in [7, 11) is 0. The lowest BCUT2D eigenvalue weighted by atomic mass is 9.84. The molecular weight excluding hydrogens is 305 g/mol. The first-order valence-corrected chi connectivity index (χ1v) is 8.08. The van der Waals surface area contributed by atoms with Crippen LogP contribution in [0.2, 0.25) is 0 Å². The minimum Gasteiger partial charge on any atom is -0.307 e. The van der Waals surface area contributed by atoms with Gasteiger partial charge < -0.3 is 5.32 Å². The Kier molecular flexibility index (Phi) is 5.40. The predicted octanol–water partition coefficient (Wildman–Crippen LogP) is 5.21. The maximum Gasteiger partial charge on any atom is 0.128 e. The molecule has 1 aliphatic carbocycles. The summed E-state index contributed by atoms with van der Waals surface area (Å²) in [6, 6.07) is 5.66. The van der Waals surface area contributed by atoms with Crippen LogP contribution < -0.4 is 5.32 Å². The van der Waals surface area contributed by atoms with Crippen LogP contribution in [0.5, 0.6) is 0 Å². The fourth-order valence-electron chi connectivity index (χ4n) is 3.10. The van der Waals surface area contributed by atoms with Crippen molar-refractivity contribution in [3.05, 3.63) is 34.1 Å². The van der Waals surface area contributed by atoms with Crippen LogP contribution in [0, 0.1) is 11.7 Å². The Balaban J connectivity index is 1.99. The van der Waals surface area contributed by atoms with Gasteiger partial charge in [0.1, 0.15) is 5.82 Å². The summed E-state index contributed by atoms with van der Waals surface area (Å²) in [6.07, 6.45) is 6.68. The second-order valence-corrected chi connectivity index (χ2v) is 6.66. The smallest absolute Gasteiger partial charge is 0.128 e. The highest BCUT2D eigenvalue weighted by atomic mass is 79.9. The van der Waals surface area contributed by atoms with E-state index in [0.717, 1.165) is 16.0 Å². The number of rotatable bonds is 4. The Morgan fingerprint density at radius 2 is 1.89 bits per heavy atom. The Bertz CT molecular complexity index is 415. The number of benzene rings is 1. The maximum absolute atomic E-state index is 13.9. The van der Waals surface area contributed by atoms with Gasteiger partial charge in [-0.1, -0.05) is 35.2 Å². The SMILES string of the molecule is CC(N[C@H](C)C1CCCCC1)c1cc(Br)ccc1F. The van der Waals surface area contributed by atoms with Crippen molar-refractivity contribution < 1.29 is 4.39 Å². The molecule has 1 saturated carbocycles. The molecule has 1 fully saturated rings. The van der Waals surface area contributed by atoms with Gasteiger partial charge in [-0.25, -0.2) is 4.39 Å². The Hall–Kier alpha value is -0.410. The zero-order chi connectivity index (χ0) is 13.8. The minimum absolute atomic E-state index is 0.0504. The van der Waals surface area contributed by atoms with Gasteiger partial charge in [0, 0.05) is 22.1 Å². The van der Waals surface area contributed by atoms with Crippen LogP contribution in [0.25, 0.3) is 0 Å². The highest BCUT2D eigenvalue weighted by molar-refractivity contribution is 9.10. The Morgan fingerprint density at radius 3 is 2.58 bits per heavy atom. The number of nitrogens with one attached hydrogen (secondary N) is 1. The van der Waals surface area contributed by atoms with E-state index in [0.29, 0.717) is 6.04 Å². The molecule has 1 unspecified atom stereocenters. The summed E-state index contributed by atoms with van der Waals surface area (Å²) >= 11 is 3.41. The second kappa shape index (κ2) is 6.85. The van der Waals surface area contributed by atoms with Crippen LogP contribution in [0.3, 0.4) is 0 Å². The summed E-state index contributed by atoms with van der Waals surface area (Å²) in [5.41, 5.74) is 0.747. The third-order valence-corrected chi connectivity index (χ3v) is 4.79. The van der Waals surface area contributed by atoms with Gasteiger partial charge in [-0.3, -0.25) is 0 Å². The van der Waals surface area contributed by atoms with Gasteiger partial charge in [-0.15, -0.1) is 0 Å². The highest BCUT2D eigenvalue weighted by Gasteiger charge is 2.22. The van der Waals surface area contributed by atoms with Crippen LogP contribution in [-0.4, -0.2) is 6.04 Å². The molecule has 0 aliphatic heterocycles. The second-order valence-electron chi connectivity index (χ2n) is 5.74. The van der Waals surface area contributed by atoms with Crippen LogP contribution in [0.15, 0.2) is 22.7 Å². The van der Waals surface area contributed by atoms with Gasteiger partial charge in [-0.05, 0) is 50.8 Å². The maximum atomic E-state index is 13.9. The molecule has 1 aliphatic rings. The fraction of sp³-hybridized carbons (Fsp3) is 0.625. The molecule has 106 valence electrons. The first-order valence-electron chi connectivity index (χ1n) is 7.29. The van der Waals surface area contributed by atoms with E-state index in [-0.39, 0.29) is 11.9 Å². The molecule has 1 aromatic carbocycles. The standard InChI is InChI=1S/C16H23BrFN/c1-11(13-6-4-3-5-7-13)19-12(2)15-10-14(17)8-9-16(15)18/h8-13,19H,3-7H2,1-2H3/t11-,12?/m1/s1. The summed E-state index contributed by atoms with van der Waals surface area (Å²) < 4.78 is 14.8. The molecule has 2 atom stereocenters. The van der Waals surface area contributed by atoms with Crippen LogP contribution in [0.1, 0.15) is 57.6 Å². The van der Waals surface area contributed by atoms with Crippen molar-refractivity contribution in [2.24, 2.45) is 5.92 Å². The number of hydrogen-bond donors (Lipinski definition) is 1. The summed E-state index contributed by atoms with van der Waals surface area (Å²) in [6.45, 7) is 4.28. The molecular formula is C16H23BrFN.